The highest BCUT2D eigenvalue weighted by atomic mass is 32.2. The third-order valence-corrected chi connectivity index (χ3v) is 14.6. The van der Waals surface area contributed by atoms with E-state index >= 15 is 0 Å². The van der Waals surface area contributed by atoms with Crippen LogP contribution in [0.3, 0.4) is 0 Å². The first-order valence-electron chi connectivity index (χ1n) is 12.4. The lowest BCUT2D eigenvalue weighted by Gasteiger charge is -2.48. The van der Waals surface area contributed by atoms with Crippen LogP contribution in [0, 0.1) is 16.0 Å². The maximum atomic E-state index is 13.4. The number of hydrogen-bond donors (Lipinski definition) is 0. The summed E-state index contributed by atoms with van der Waals surface area (Å²) in [6, 6.07) is 5.81. The first-order valence-corrected chi connectivity index (χ1v) is 17.1. The summed E-state index contributed by atoms with van der Waals surface area (Å²) in [4.78, 5) is 38.7. The summed E-state index contributed by atoms with van der Waals surface area (Å²) in [5, 5.41) is 10.6. The first-order chi connectivity index (χ1) is 17.8. The third-order valence-electron chi connectivity index (χ3n) is 7.30. The van der Waals surface area contributed by atoms with Crippen molar-refractivity contribution in [3.8, 4) is 0 Å². The van der Waals surface area contributed by atoms with Crippen LogP contribution in [0.25, 0.3) is 0 Å². The van der Waals surface area contributed by atoms with Gasteiger partial charge >= 0.3 is 5.97 Å². The van der Waals surface area contributed by atoms with Gasteiger partial charge in [-0.15, -0.1) is 11.8 Å². The van der Waals surface area contributed by atoms with E-state index in [0.29, 0.717) is 23.0 Å². The van der Waals surface area contributed by atoms with E-state index in [9.17, 15) is 19.7 Å². The molecule has 0 unspecified atom stereocenters. The van der Waals surface area contributed by atoms with E-state index in [1.807, 2.05) is 6.92 Å². The Bertz CT molecular complexity index is 1120. The number of non-ortho nitro benzene ring substituents is 1. The van der Waals surface area contributed by atoms with Crippen molar-refractivity contribution >= 4 is 49.4 Å². The molecule has 208 valence electrons. The first kappa shape index (κ1) is 29.1. The van der Waals surface area contributed by atoms with E-state index in [1.54, 1.807) is 12.1 Å². The van der Waals surface area contributed by atoms with Gasteiger partial charge in [-0.1, -0.05) is 32.5 Å². The summed E-state index contributed by atoms with van der Waals surface area (Å²) >= 11 is 2.95. The van der Waals surface area contributed by atoms with E-state index in [0.717, 1.165) is 0 Å². The van der Waals surface area contributed by atoms with Gasteiger partial charge < -0.3 is 18.6 Å². The number of rotatable bonds is 9. The Kier molecular flexibility index (Phi) is 8.65. The van der Waals surface area contributed by atoms with Crippen LogP contribution in [0.1, 0.15) is 33.3 Å². The van der Waals surface area contributed by atoms with Crippen molar-refractivity contribution in [3.05, 3.63) is 49.9 Å². The molecule has 1 amide bonds. The van der Waals surface area contributed by atoms with Crippen LogP contribution in [-0.4, -0.2) is 66.8 Å². The van der Waals surface area contributed by atoms with Crippen molar-refractivity contribution in [1.29, 1.82) is 0 Å². The minimum absolute atomic E-state index is 0.00361. The number of carbonyl (C=O) groups is 2. The molecule has 0 aliphatic carbocycles. The second kappa shape index (κ2) is 11.3. The van der Waals surface area contributed by atoms with Gasteiger partial charge in [0, 0.05) is 12.1 Å². The van der Waals surface area contributed by atoms with Gasteiger partial charge in [-0.2, -0.15) is 0 Å². The van der Waals surface area contributed by atoms with Crippen LogP contribution in [0.15, 0.2) is 34.2 Å². The second-order valence-electron chi connectivity index (χ2n) is 11.1. The molecule has 1 aromatic rings. The predicted octanol–water partition coefficient (Wildman–Crippen LogP) is 4.85. The number of amides is 1. The maximum Gasteiger partial charge on any atom is 0.357 e. The summed E-state index contributed by atoms with van der Waals surface area (Å²) < 4.78 is 23.7. The molecule has 0 saturated carbocycles. The number of carbonyl (C=O) groups excluding carboxylic acids is 2. The Labute approximate surface area is 232 Å². The van der Waals surface area contributed by atoms with Crippen LogP contribution in [0.2, 0.25) is 18.1 Å². The van der Waals surface area contributed by atoms with Gasteiger partial charge in [-0.05, 0) is 42.8 Å². The number of ether oxygens (including phenoxy) is 3. The van der Waals surface area contributed by atoms with Gasteiger partial charge in [0.15, 0.2) is 14.0 Å². The minimum Gasteiger partial charge on any atom is -0.456 e. The summed E-state index contributed by atoms with van der Waals surface area (Å²) in [5.74, 6) is -1.13. The summed E-state index contributed by atoms with van der Waals surface area (Å²) in [5.41, 5.74) is 0.803. The van der Waals surface area contributed by atoms with Gasteiger partial charge in [-0.3, -0.25) is 19.8 Å². The number of thioether (sulfide) groups is 2. The van der Waals surface area contributed by atoms with Crippen molar-refractivity contribution in [2.24, 2.45) is 5.92 Å². The van der Waals surface area contributed by atoms with Gasteiger partial charge in [0.1, 0.15) is 18.8 Å². The highest BCUT2D eigenvalue weighted by Crippen LogP contribution is 2.55. The van der Waals surface area contributed by atoms with E-state index in [1.165, 1.54) is 40.6 Å². The SMILES string of the molecule is C[C@@H](O[Si](C)(C)C(C)(C)C)[C@H]1C(=O)N2C(C(=O)OCc3ccc([N+](=O)[O-])cc3)=C(SC3COCOC3)S[C@H]12. The molecule has 0 radical (unpaired) electrons. The molecule has 0 spiro atoms. The molecule has 10 nitrogen and oxygen atoms in total. The number of β-lactam (4-membered cyclic amide) rings is 1. The highest BCUT2D eigenvalue weighted by molar-refractivity contribution is 8.23. The quantitative estimate of drug-likeness (QED) is 0.131. The molecular formula is C25H34N2O8S2Si. The van der Waals surface area contributed by atoms with Crippen molar-refractivity contribution in [2.75, 3.05) is 20.0 Å². The number of fused-ring (bicyclic) bond motifs is 1. The predicted molar refractivity (Wildman–Crippen MR) is 148 cm³/mol. The average molecular weight is 583 g/mol. The van der Waals surface area contributed by atoms with Crippen LogP contribution in [-0.2, 0) is 34.8 Å². The summed E-state index contributed by atoms with van der Waals surface area (Å²) in [7, 11) is -2.10. The Hall–Kier alpha value is -1.90. The molecule has 1 aromatic carbocycles. The van der Waals surface area contributed by atoms with Crippen LogP contribution in [0.5, 0.6) is 0 Å². The molecule has 4 rings (SSSR count). The van der Waals surface area contributed by atoms with Crippen LogP contribution < -0.4 is 0 Å². The fraction of sp³-hybridized carbons (Fsp3) is 0.600. The fourth-order valence-corrected chi connectivity index (χ4v) is 8.74. The van der Waals surface area contributed by atoms with Gasteiger partial charge in [0.25, 0.3) is 5.69 Å². The van der Waals surface area contributed by atoms with Crippen molar-refractivity contribution in [3.63, 3.8) is 0 Å². The third kappa shape index (κ3) is 5.97. The molecule has 2 fully saturated rings. The van der Waals surface area contributed by atoms with E-state index < -0.39 is 19.2 Å². The number of benzene rings is 1. The summed E-state index contributed by atoms with van der Waals surface area (Å²) in [6.45, 7) is 13.9. The number of nitro benzene ring substituents is 1. The van der Waals surface area contributed by atoms with E-state index in [2.05, 4.69) is 33.9 Å². The number of nitro groups is 1. The zero-order valence-electron chi connectivity index (χ0n) is 22.4. The molecule has 2 saturated heterocycles. The molecule has 0 N–H and O–H groups in total. The van der Waals surface area contributed by atoms with Crippen molar-refractivity contribution in [1.82, 2.24) is 4.90 Å². The molecule has 13 heteroatoms. The Balaban J connectivity index is 1.50. The van der Waals surface area contributed by atoms with Crippen LogP contribution in [0.4, 0.5) is 5.69 Å². The standard InChI is InChI=1S/C25H34N2O8S2Si/c1-15(35-38(5,6)25(2,3)4)19-21(28)26-20(24(37-22(19)26)36-18-12-32-14-33-13-18)23(29)34-11-16-7-9-17(10-8-16)27(30)31/h7-10,15,18-19,22H,11-14H2,1-6H3/t15-,19+,22-/m1/s1. The van der Waals surface area contributed by atoms with E-state index in [4.69, 9.17) is 18.6 Å². The summed E-state index contributed by atoms with van der Waals surface area (Å²) in [6.07, 6.45) is -0.291. The number of hydrogen-bond acceptors (Lipinski definition) is 10. The Morgan fingerprint density at radius 1 is 1.26 bits per heavy atom. The highest BCUT2D eigenvalue weighted by Gasteiger charge is 2.59. The maximum absolute atomic E-state index is 13.4. The number of nitrogens with zero attached hydrogens (tertiary/aromatic N) is 2. The fourth-order valence-electron chi connectivity index (χ4n) is 4.14. The smallest absolute Gasteiger partial charge is 0.357 e. The molecule has 0 aromatic heterocycles. The zero-order chi connectivity index (χ0) is 27.8. The normalized spacial score (nSPS) is 23.2. The minimum atomic E-state index is -2.10. The number of esters is 1. The lowest BCUT2D eigenvalue weighted by atomic mass is 9.92. The van der Waals surface area contributed by atoms with Gasteiger partial charge in [0.2, 0.25) is 5.91 Å². The average Bonchev–Trinajstić information content (AvgIpc) is 3.16. The lowest BCUT2D eigenvalue weighted by molar-refractivity contribution is -0.384. The largest absolute Gasteiger partial charge is 0.456 e. The van der Waals surface area contributed by atoms with Crippen molar-refractivity contribution < 1.29 is 33.1 Å². The Morgan fingerprint density at radius 3 is 2.47 bits per heavy atom. The van der Waals surface area contributed by atoms with Gasteiger partial charge in [0.05, 0.1) is 39.6 Å². The molecule has 38 heavy (non-hydrogen) atoms. The molecule has 3 atom stereocenters. The molecule has 3 aliphatic heterocycles. The molecule has 3 heterocycles. The molecular weight excluding hydrogens is 549 g/mol. The van der Waals surface area contributed by atoms with E-state index in [-0.39, 0.29) is 58.4 Å². The van der Waals surface area contributed by atoms with Crippen LogP contribution >= 0.6 is 23.5 Å². The molecule has 3 aliphatic rings. The zero-order valence-corrected chi connectivity index (χ0v) is 25.1. The van der Waals surface area contributed by atoms with Crippen molar-refractivity contribution in [2.45, 2.75) is 69.2 Å². The second-order valence-corrected chi connectivity index (χ2v) is 18.5. The molecule has 0 bridgehead atoms. The lowest BCUT2D eigenvalue weighted by Crippen LogP contribution is -2.62. The van der Waals surface area contributed by atoms with Gasteiger partial charge in [-0.25, -0.2) is 4.79 Å². The topological polar surface area (TPSA) is 117 Å². The Morgan fingerprint density at radius 2 is 1.89 bits per heavy atom. The monoisotopic (exact) mass is 582 g/mol.